The van der Waals surface area contributed by atoms with Gasteiger partial charge in [0.2, 0.25) is 0 Å². The van der Waals surface area contributed by atoms with Crippen molar-refractivity contribution in [2.24, 2.45) is 0 Å². The summed E-state index contributed by atoms with van der Waals surface area (Å²) >= 11 is 0. The standard InChI is InChI=1S/C29H27N5O3/c1-2-18-37-24-12-9-21(10-13-24)20-5-7-22(8-6-20)28-32-29(34(33-28)17-3-4-27(35)36)23-11-14-25-26(19-23)31-16-15-30-25/h5-16,19H,2-4,17-18H2,1H3,(H,35,36). The molecular formula is C29H27N5O3. The van der Waals surface area contributed by atoms with E-state index in [9.17, 15) is 4.79 Å². The fourth-order valence-corrected chi connectivity index (χ4v) is 4.09. The minimum atomic E-state index is -0.830. The van der Waals surface area contributed by atoms with Gasteiger partial charge in [0.15, 0.2) is 11.6 Å². The van der Waals surface area contributed by atoms with Gasteiger partial charge in [0.25, 0.3) is 0 Å². The van der Waals surface area contributed by atoms with Gasteiger partial charge in [0.1, 0.15) is 5.75 Å². The molecule has 0 saturated heterocycles. The van der Waals surface area contributed by atoms with Crippen LogP contribution in [-0.4, -0.2) is 42.4 Å². The number of aryl methyl sites for hydroxylation is 1. The van der Waals surface area contributed by atoms with Crippen molar-refractivity contribution in [1.29, 1.82) is 0 Å². The normalized spacial score (nSPS) is 11.1. The highest BCUT2D eigenvalue weighted by Gasteiger charge is 2.15. The Morgan fingerprint density at radius 3 is 2.22 bits per heavy atom. The lowest BCUT2D eigenvalue weighted by Crippen LogP contribution is -2.05. The highest BCUT2D eigenvalue weighted by molar-refractivity contribution is 5.80. The molecule has 0 amide bonds. The Morgan fingerprint density at radius 2 is 1.51 bits per heavy atom. The van der Waals surface area contributed by atoms with Crippen molar-refractivity contribution in [2.75, 3.05) is 6.61 Å². The Balaban J connectivity index is 1.43. The lowest BCUT2D eigenvalue weighted by Gasteiger charge is -2.06. The molecule has 8 heteroatoms. The van der Waals surface area contributed by atoms with Crippen molar-refractivity contribution in [2.45, 2.75) is 32.7 Å². The molecule has 0 radical (unpaired) electrons. The molecule has 0 spiro atoms. The van der Waals surface area contributed by atoms with Crippen LogP contribution in [0.2, 0.25) is 0 Å². The molecule has 0 unspecified atom stereocenters. The SMILES string of the molecule is CCCOc1ccc(-c2ccc(-c3nc(-c4ccc5nccnc5c4)n(CCCC(=O)O)n3)cc2)cc1. The molecular weight excluding hydrogens is 466 g/mol. The number of aromatic nitrogens is 5. The summed E-state index contributed by atoms with van der Waals surface area (Å²) in [7, 11) is 0. The molecule has 2 aromatic heterocycles. The molecule has 0 aliphatic heterocycles. The van der Waals surface area contributed by atoms with Crippen molar-refractivity contribution in [3.8, 4) is 39.7 Å². The summed E-state index contributed by atoms with van der Waals surface area (Å²) in [5.74, 6) is 1.29. The summed E-state index contributed by atoms with van der Waals surface area (Å²) in [5.41, 5.74) is 5.47. The van der Waals surface area contributed by atoms with E-state index in [0.717, 1.165) is 45.5 Å². The molecule has 2 heterocycles. The molecule has 0 atom stereocenters. The van der Waals surface area contributed by atoms with Crippen LogP contribution in [0.15, 0.2) is 79.1 Å². The second-order valence-electron chi connectivity index (χ2n) is 8.69. The van der Waals surface area contributed by atoms with Gasteiger partial charge in [-0.25, -0.2) is 9.67 Å². The third-order valence-corrected chi connectivity index (χ3v) is 5.96. The van der Waals surface area contributed by atoms with Crippen molar-refractivity contribution in [3.05, 3.63) is 79.1 Å². The quantitative estimate of drug-likeness (QED) is 0.259. The second-order valence-corrected chi connectivity index (χ2v) is 8.69. The largest absolute Gasteiger partial charge is 0.494 e. The summed E-state index contributed by atoms with van der Waals surface area (Å²) in [6.45, 7) is 3.24. The molecule has 0 aliphatic rings. The first kappa shape index (κ1) is 24.1. The summed E-state index contributed by atoms with van der Waals surface area (Å²) < 4.78 is 7.46. The highest BCUT2D eigenvalue weighted by Crippen LogP contribution is 2.28. The van der Waals surface area contributed by atoms with Crippen molar-refractivity contribution in [3.63, 3.8) is 0 Å². The minimum absolute atomic E-state index is 0.0643. The number of ether oxygens (including phenoxy) is 1. The maximum Gasteiger partial charge on any atom is 0.303 e. The van der Waals surface area contributed by atoms with Crippen LogP contribution < -0.4 is 4.74 Å². The third kappa shape index (κ3) is 5.64. The first-order valence-corrected chi connectivity index (χ1v) is 12.3. The summed E-state index contributed by atoms with van der Waals surface area (Å²) in [4.78, 5) is 24.6. The van der Waals surface area contributed by atoms with E-state index < -0.39 is 5.97 Å². The van der Waals surface area contributed by atoms with Crippen LogP contribution in [0.3, 0.4) is 0 Å². The van der Waals surface area contributed by atoms with Crippen molar-refractivity contribution < 1.29 is 14.6 Å². The number of fused-ring (bicyclic) bond motifs is 1. The van der Waals surface area contributed by atoms with E-state index in [-0.39, 0.29) is 6.42 Å². The van der Waals surface area contributed by atoms with E-state index in [1.54, 1.807) is 17.1 Å². The Bertz CT molecular complexity index is 1510. The maximum absolute atomic E-state index is 11.1. The number of aliphatic carboxylic acids is 1. The van der Waals surface area contributed by atoms with E-state index in [1.807, 2.05) is 54.6 Å². The minimum Gasteiger partial charge on any atom is -0.494 e. The molecule has 37 heavy (non-hydrogen) atoms. The van der Waals surface area contributed by atoms with Gasteiger partial charge in [0, 0.05) is 36.5 Å². The van der Waals surface area contributed by atoms with E-state index >= 15 is 0 Å². The number of hydrogen-bond acceptors (Lipinski definition) is 6. The van der Waals surface area contributed by atoms with Gasteiger partial charge < -0.3 is 9.84 Å². The average Bonchev–Trinajstić information content (AvgIpc) is 3.36. The summed E-state index contributed by atoms with van der Waals surface area (Å²) in [6.07, 6.45) is 4.81. The Labute approximate surface area is 214 Å². The molecule has 3 aromatic carbocycles. The van der Waals surface area contributed by atoms with Crippen LogP contribution in [0.1, 0.15) is 26.2 Å². The topological polar surface area (TPSA) is 103 Å². The van der Waals surface area contributed by atoms with Crippen LogP contribution in [0.5, 0.6) is 5.75 Å². The Hall–Kier alpha value is -4.59. The smallest absolute Gasteiger partial charge is 0.303 e. The van der Waals surface area contributed by atoms with Gasteiger partial charge in [-0.15, -0.1) is 0 Å². The maximum atomic E-state index is 11.1. The summed E-state index contributed by atoms with van der Waals surface area (Å²) in [5, 5.41) is 13.8. The molecule has 5 rings (SSSR count). The Morgan fingerprint density at radius 1 is 0.865 bits per heavy atom. The fourth-order valence-electron chi connectivity index (χ4n) is 4.09. The van der Waals surface area contributed by atoms with E-state index in [2.05, 4.69) is 29.0 Å². The molecule has 186 valence electrons. The van der Waals surface area contributed by atoms with Gasteiger partial charge >= 0.3 is 5.97 Å². The van der Waals surface area contributed by atoms with Gasteiger partial charge in [-0.1, -0.05) is 43.3 Å². The van der Waals surface area contributed by atoms with Crippen LogP contribution >= 0.6 is 0 Å². The molecule has 0 saturated carbocycles. The number of nitrogens with zero attached hydrogens (tertiary/aromatic N) is 5. The van der Waals surface area contributed by atoms with E-state index in [1.165, 1.54) is 0 Å². The molecule has 0 aliphatic carbocycles. The number of hydrogen-bond donors (Lipinski definition) is 1. The first-order valence-electron chi connectivity index (χ1n) is 12.3. The molecule has 1 N–H and O–H groups in total. The number of rotatable bonds is 10. The first-order chi connectivity index (χ1) is 18.1. The van der Waals surface area contributed by atoms with Crippen molar-refractivity contribution in [1.82, 2.24) is 24.7 Å². The number of carboxylic acids is 1. The van der Waals surface area contributed by atoms with Crippen LogP contribution in [-0.2, 0) is 11.3 Å². The van der Waals surface area contributed by atoms with Crippen LogP contribution in [0.4, 0.5) is 0 Å². The van der Waals surface area contributed by atoms with Crippen LogP contribution in [0.25, 0.3) is 44.9 Å². The zero-order valence-corrected chi connectivity index (χ0v) is 20.5. The zero-order chi connectivity index (χ0) is 25.6. The van der Waals surface area contributed by atoms with Crippen molar-refractivity contribution >= 4 is 17.0 Å². The zero-order valence-electron chi connectivity index (χ0n) is 20.5. The lowest BCUT2D eigenvalue weighted by molar-refractivity contribution is -0.137. The monoisotopic (exact) mass is 493 g/mol. The van der Waals surface area contributed by atoms with E-state index in [0.29, 0.717) is 31.2 Å². The Kier molecular flexibility index (Phi) is 7.16. The molecule has 8 nitrogen and oxygen atoms in total. The highest BCUT2D eigenvalue weighted by atomic mass is 16.5. The van der Waals surface area contributed by atoms with Gasteiger partial charge in [-0.2, -0.15) is 5.10 Å². The second kappa shape index (κ2) is 11.0. The van der Waals surface area contributed by atoms with Crippen LogP contribution in [0, 0.1) is 0 Å². The third-order valence-electron chi connectivity index (χ3n) is 5.96. The van der Waals surface area contributed by atoms with Gasteiger partial charge in [-0.05, 0) is 54.3 Å². The average molecular weight is 494 g/mol. The number of carboxylic acid groups (broad SMARTS) is 1. The predicted octanol–water partition coefficient (Wildman–Crippen LogP) is 5.88. The molecule has 0 fully saturated rings. The van der Waals surface area contributed by atoms with Gasteiger partial charge in [-0.3, -0.25) is 14.8 Å². The summed E-state index contributed by atoms with van der Waals surface area (Å²) in [6, 6.07) is 22.0. The lowest BCUT2D eigenvalue weighted by atomic mass is 10.0. The number of carbonyl (C=O) groups is 1. The fraction of sp³-hybridized carbons (Fsp3) is 0.207. The number of benzene rings is 3. The van der Waals surface area contributed by atoms with E-state index in [4.69, 9.17) is 19.9 Å². The molecule has 0 bridgehead atoms. The predicted molar refractivity (Wildman–Crippen MR) is 142 cm³/mol. The van der Waals surface area contributed by atoms with Gasteiger partial charge in [0.05, 0.1) is 17.6 Å². The molecule has 5 aromatic rings.